The lowest BCUT2D eigenvalue weighted by molar-refractivity contribution is 0.0683. The summed E-state index contributed by atoms with van der Waals surface area (Å²) in [7, 11) is 0. The first-order valence-electron chi connectivity index (χ1n) is 9.48. The van der Waals surface area contributed by atoms with Crippen LogP contribution >= 0.6 is 11.6 Å². The van der Waals surface area contributed by atoms with Gasteiger partial charge in [-0.15, -0.1) is 0 Å². The smallest absolute Gasteiger partial charge is 0.253 e. The van der Waals surface area contributed by atoms with Crippen LogP contribution in [0.1, 0.15) is 34.3 Å². The maximum atomic E-state index is 12.7. The van der Waals surface area contributed by atoms with Crippen molar-refractivity contribution in [2.45, 2.75) is 33.2 Å². The van der Waals surface area contributed by atoms with Crippen LogP contribution in [-0.4, -0.2) is 33.4 Å². The summed E-state index contributed by atoms with van der Waals surface area (Å²) >= 11 is 6.02. The van der Waals surface area contributed by atoms with Crippen LogP contribution in [0.15, 0.2) is 42.7 Å². The Labute approximate surface area is 164 Å². The fourth-order valence-corrected chi connectivity index (χ4v) is 4.05. The van der Waals surface area contributed by atoms with Crippen molar-refractivity contribution in [3.8, 4) is 0 Å². The lowest BCUT2D eigenvalue weighted by atomic mass is 9.96. The van der Waals surface area contributed by atoms with E-state index in [0.717, 1.165) is 38.0 Å². The van der Waals surface area contributed by atoms with Gasteiger partial charge in [0.1, 0.15) is 0 Å². The van der Waals surface area contributed by atoms with Crippen LogP contribution in [0.5, 0.6) is 0 Å². The predicted molar refractivity (Wildman–Crippen MR) is 109 cm³/mol. The number of hydrogen-bond donors (Lipinski definition) is 0. The van der Waals surface area contributed by atoms with Crippen molar-refractivity contribution in [3.05, 3.63) is 64.4 Å². The summed E-state index contributed by atoms with van der Waals surface area (Å²) in [5.41, 5.74) is 5.52. The minimum atomic E-state index is 0.0788. The van der Waals surface area contributed by atoms with Crippen molar-refractivity contribution in [1.82, 2.24) is 14.5 Å². The predicted octanol–water partition coefficient (Wildman–Crippen LogP) is 4.86. The van der Waals surface area contributed by atoms with Crippen LogP contribution < -0.4 is 0 Å². The summed E-state index contributed by atoms with van der Waals surface area (Å²) in [6, 6.07) is 11.6. The summed E-state index contributed by atoms with van der Waals surface area (Å²) in [6.45, 7) is 6.81. The second kappa shape index (κ2) is 7.35. The van der Waals surface area contributed by atoms with Gasteiger partial charge in [-0.3, -0.25) is 4.79 Å². The molecule has 0 saturated carbocycles. The van der Waals surface area contributed by atoms with E-state index in [0.29, 0.717) is 16.5 Å². The number of rotatable bonds is 3. The van der Waals surface area contributed by atoms with Crippen molar-refractivity contribution in [2.24, 2.45) is 5.92 Å². The molecule has 1 aliphatic heterocycles. The first-order chi connectivity index (χ1) is 13.0. The number of hydrogen-bond acceptors (Lipinski definition) is 2. The topological polar surface area (TPSA) is 38.1 Å². The fraction of sp³-hybridized carbons (Fsp3) is 0.364. The molecule has 1 fully saturated rings. The number of fused-ring (bicyclic) bond motifs is 1. The van der Waals surface area contributed by atoms with Crippen LogP contribution in [0.2, 0.25) is 5.02 Å². The van der Waals surface area contributed by atoms with E-state index in [-0.39, 0.29) is 5.91 Å². The molecular weight excluding hydrogens is 358 g/mol. The molecule has 140 valence electrons. The lowest BCUT2D eigenvalue weighted by Crippen LogP contribution is -2.39. The average molecular weight is 382 g/mol. The van der Waals surface area contributed by atoms with Crippen molar-refractivity contribution in [1.29, 1.82) is 0 Å². The normalized spacial score (nSPS) is 15.4. The van der Waals surface area contributed by atoms with Crippen molar-refractivity contribution in [2.75, 3.05) is 13.1 Å². The van der Waals surface area contributed by atoms with Crippen LogP contribution in [0.4, 0.5) is 0 Å². The average Bonchev–Trinajstić information content (AvgIpc) is 3.04. The molecule has 0 unspecified atom stereocenters. The highest BCUT2D eigenvalue weighted by Gasteiger charge is 2.24. The van der Waals surface area contributed by atoms with Crippen LogP contribution in [0.3, 0.4) is 0 Å². The Morgan fingerprint density at radius 1 is 1.15 bits per heavy atom. The highest BCUT2D eigenvalue weighted by Crippen LogP contribution is 2.24. The molecule has 4 nitrogen and oxygen atoms in total. The first kappa shape index (κ1) is 18.1. The van der Waals surface area contributed by atoms with Crippen molar-refractivity contribution in [3.63, 3.8) is 0 Å². The van der Waals surface area contributed by atoms with Crippen molar-refractivity contribution >= 4 is 28.5 Å². The Kier molecular flexibility index (Phi) is 4.92. The molecule has 4 rings (SSSR count). The monoisotopic (exact) mass is 381 g/mol. The lowest BCUT2D eigenvalue weighted by Gasteiger charge is -2.32. The second-order valence-corrected chi connectivity index (χ2v) is 8.00. The van der Waals surface area contributed by atoms with Gasteiger partial charge >= 0.3 is 0 Å². The third-order valence-corrected chi connectivity index (χ3v) is 5.90. The van der Waals surface area contributed by atoms with Gasteiger partial charge in [-0.25, -0.2) is 4.98 Å². The number of nitrogens with zero attached hydrogens (tertiary/aromatic N) is 3. The maximum Gasteiger partial charge on any atom is 0.253 e. The van der Waals surface area contributed by atoms with E-state index in [9.17, 15) is 4.79 Å². The molecule has 0 bridgehead atoms. The van der Waals surface area contributed by atoms with Gasteiger partial charge in [0.25, 0.3) is 5.91 Å². The molecule has 2 aromatic carbocycles. The van der Waals surface area contributed by atoms with Gasteiger partial charge in [0.15, 0.2) is 0 Å². The van der Waals surface area contributed by atoms with Crippen LogP contribution in [0, 0.1) is 19.8 Å². The minimum absolute atomic E-state index is 0.0788. The summed E-state index contributed by atoms with van der Waals surface area (Å²) < 4.78 is 2.26. The highest BCUT2D eigenvalue weighted by atomic mass is 35.5. The van der Waals surface area contributed by atoms with E-state index in [4.69, 9.17) is 11.6 Å². The third-order valence-electron chi connectivity index (χ3n) is 5.66. The van der Waals surface area contributed by atoms with E-state index in [1.165, 1.54) is 16.6 Å². The van der Waals surface area contributed by atoms with Crippen LogP contribution in [-0.2, 0) is 6.54 Å². The fourth-order valence-electron chi connectivity index (χ4n) is 3.86. The number of likely N-dealkylation sites (tertiary alicyclic amines) is 1. The van der Waals surface area contributed by atoms with Gasteiger partial charge in [-0.1, -0.05) is 17.7 Å². The number of aryl methyl sites for hydroxylation is 2. The van der Waals surface area contributed by atoms with E-state index < -0.39 is 0 Å². The van der Waals surface area contributed by atoms with Gasteiger partial charge in [-0.2, -0.15) is 0 Å². The Morgan fingerprint density at radius 2 is 1.89 bits per heavy atom. The molecule has 0 atom stereocenters. The van der Waals surface area contributed by atoms with E-state index >= 15 is 0 Å². The van der Waals surface area contributed by atoms with E-state index in [2.05, 4.69) is 35.5 Å². The van der Waals surface area contributed by atoms with Gasteiger partial charge < -0.3 is 9.47 Å². The number of aromatic nitrogens is 2. The Balaban J connectivity index is 1.41. The SMILES string of the molecule is Cc1cc2ncn(CC3CCN(C(=O)c4cccc(Cl)c4)CC3)c2cc1C. The molecular formula is C22H24ClN3O. The summed E-state index contributed by atoms with van der Waals surface area (Å²) in [5.74, 6) is 0.641. The molecule has 2 heterocycles. The molecule has 3 aromatic rings. The zero-order chi connectivity index (χ0) is 19.0. The van der Waals surface area contributed by atoms with Gasteiger partial charge in [-0.05, 0) is 74.1 Å². The molecule has 0 spiro atoms. The van der Waals surface area contributed by atoms with Gasteiger partial charge in [0.05, 0.1) is 17.4 Å². The number of imidazole rings is 1. The quantitative estimate of drug-likeness (QED) is 0.649. The minimum Gasteiger partial charge on any atom is -0.339 e. The third kappa shape index (κ3) is 3.72. The molecule has 1 amide bonds. The molecule has 0 radical (unpaired) electrons. The molecule has 0 aliphatic carbocycles. The summed E-state index contributed by atoms with van der Waals surface area (Å²) in [6.07, 6.45) is 3.97. The molecule has 1 aromatic heterocycles. The highest BCUT2D eigenvalue weighted by molar-refractivity contribution is 6.30. The number of piperidine rings is 1. The molecule has 1 aliphatic rings. The van der Waals surface area contributed by atoms with Gasteiger partial charge in [0, 0.05) is 30.2 Å². The van der Waals surface area contributed by atoms with Crippen molar-refractivity contribution < 1.29 is 4.79 Å². The number of amides is 1. The standard InChI is InChI=1S/C22H24ClN3O/c1-15-10-20-21(11-16(15)2)26(14-24-20)13-17-6-8-25(9-7-17)22(27)18-4-3-5-19(23)12-18/h3-5,10-12,14,17H,6-9,13H2,1-2H3. The second-order valence-electron chi connectivity index (χ2n) is 7.57. The molecule has 27 heavy (non-hydrogen) atoms. The zero-order valence-electron chi connectivity index (χ0n) is 15.8. The van der Waals surface area contributed by atoms with Gasteiger partial charge in [0.2, 0.25) is 0 Å². The Hall–Kier alpha value is -2.33. The largest absolute Gasteiger partial charge is 0.339 e. The van der Waals surface area contributed by atoms with Crippen LogP contribution in [0.25, 0.3) is 11.0 Å². The molecule has 0 N–H and O–H groups in total. The summed E-state index contributed by atoms with van der Waals surface area (Å²) in [4.78, 5) is 19.2. The molecule has 5 heteroatoms. The number of carbonyl (C=O) groups is 1. The number of carbonyl (C=O) groups excluding carboxylic acids is 1. The maximum absolute atomic E-state index is 12.7. The zero-order valence-corrected chi connectivity index (χ0v) is 16.5. The number of halogens is 1. The Bertz CT molecular complexity index is 986. The van der Waals surface area contributed by atoms with E-state index in [1.54, 1.807) is 12.1 Å². The first-order valence-corrected chi connectivity index (χ1v) is 9.86. The Morgan fingerprint density at radius 3 is 2.63 bits per heavy atom. The molecule has 1 saturated heterocycles. The number of benzene rings is 2. The van der Waals surface area contributed by atoms with E-state index in [1.807, 2.05) is 23.4 Å². The summed E-state index contributed by atoms with van der Waals surface area (Å²) in [5, 5.41) is 0.605.